The third kappa shape index (κ3) is 3.32. The topological polar surface area (TPSA) is 106 Å². The normalized spacial score (nSPS) is 27.2. The molecule has 5 rings (SSSR count). The minimum atomic E-state index is -0.0848. The second-order valence-corrected chi connectivity index (χ2v) is 9.77. The van der Waals surface area contributed by atoms with Gasteiger partial charge in [0, 0.05) is 24.7 Å². The summed E-state index contributed by atoms with van der Waals surface area (Å²) in [6, 6.07) is 0.806. The molecule has 3 aliphatic heterocycles. The van der Waals surface area contributed by atoms with Crippen LogP contribution in [-0.4, -0.2) is 57.1 Å². The predicted molar refractivity (Wildman–Crippen MR) is 120 cm³/mol. The van der Waals surface area contributed by atoms with E-state index in [1.165, 1.54) is 36.0 Å². The molecule has 0 amide bonds. The number of dihydropyridines is 1. The maximum Gasteiger partial charge on any atom is 0.136 e. The fourth-order valence-electron chi connectivity index (χ4n) is 4.41. The lowest BCUT2D eigenvalue weighted by atomic mass is 10.00. The highest BCUT2D eigenvalue weighted by Gasteiger charge is 2.37. The number of nitrogens with one attached hydrogen (secondary N) is 3. The number of aromatic amines is 1. The first-order chi connectivity index (χ1) is 13.9. The average molecular weight is 412 g/mol. The number of anilines is 1. The van der Waals surface area contributed by atoms with Crippen molar-refractivity contribution in [1.82, 2.24) is 15.1 Å². The Morgan fingerprint density at radius 2 is 2.17 bits per heavy atom. The first kappa shape index (κ1) is 18.9. The first-order valence-electron chi connectivity index (χ1n) is 10.5. The summed E-state index contributed by atoms with van der Waals surface area (Å²) < 4.78 is 0. The van der Waals surface area contributed by atoms with Crippen LogP contribution in [0.1, 0.15) is 45.7 Å². The Bertz CT molecular complexity index is 944. The number of hydrogen-bond donors (Lipinski definition) is 4. The van der Waals surface area contributed by atoms with Gasteiger partial charge in [-0.25, -0.2) is 0 Å². The zero-order chi connectivity index (χ0) is 20.3. The molecular formula is C21H29N7S. The van der Waals surface area contributed by atoms with Gasteiger partial charge in [0.15, 0.2) is 0 Å². The van der Waals surface area contributed by atoms with Crippen LogP contribution < -0.4 is 11.1 Å². The largest absolute Gasteiger partial charge is 0.366 e. The molecule has 5 N–H and O–H groups in total. The summed E-state index contributed by atoms with van der Waals surface area (Å²) in [5.41, 5.74) is 11.3. The van der Waals surface area contributed by atoms with Crippen LogP contribution in [0.3, 0.4) is 0 Å². The number of likely N-dealkylation sites (tertiary alicyclic amines) is 1. The smallest absolute Gasteiger partial charge is 0.136 e. The maximum absolute atomic E-state index is 8.35. The summed E-state index contributed by atoms with van der Waals surface area (Å²) in [4.78, 5) is 8.38. The van der Waals surface area contributed by atoms with Crippen molar-refractivity contribution < 1.29 is 0 Å². The first-order valence-corrected chi connectivity index (χ1v) is 11.3. The molecule has 8 heteroatoms. The molecule has 29 heavy (non-hydrogen) atoms. The van der Waals surface area contributed by atoms with Crippen molar-refractivity contribution in [2.75, 3.05) is 18.4 Å². The number of rotatable bonds is 5. The molecule has 2 unspecified atom stereocenters. The Morgan fingerprint density at radius 1 is 1.41 bits per heavy atom. The average Bonchev–Trinajstić information content (AvgIpc) is 3.35. The third-order valence-electron chi connectivity index (χ3n) is 6.49. The molecule has 7 nitrogen and oxygen atoms in total. The van der Waals surface area contributed by atoms with Gasteiger partial charge in [-0.05, 0) is 51.5 Å². The van der Waals surface area contributed by atoms with Crippen LogP contribution >= 0.6 is 11.8 Å². The second-order valence-electron chi connectivity index (χ2n) is 8.74. The minimum absolute atomic E-state index is 0.0848. The summed E-state index contributed by atoms with van der Waals surface area (Å²) in [5, 5.41) is 20.1. The van der Waals surface area contributed by atoms with Crippen LogP contribution in [0.4, 0.5) is 5.82 Å². The number of thioether (sulfide) groups is 1. The van der Waals surface area contributed by atoms with Crippen LogP contribution in [0.2, 0.25) is 0 Å². The molecule has 2 atom stereocenters. The highest BCUT2D eigenvalue weighted by Crippen LogP contribution is 2.45. The number of aromatic nitrogens is 2. The summed E-state index contributed by atoms with van der Waals surface area (Å²) in [7, 11) is 0. The highest BCUT2D eigenvalue weighted by atomic mass is 32.2. The predicted octanol–water partition coefficient (Wildman–Crippen LogP) is 3.24. The van der Waals surface area contributed by atoms with E-state index < -0.39 is 0 Å². The van der Waals surface area contributed by atoms with Gasteiger partial charge in [0.25, 0.3) is 0 Å². The van der Waals surface area contributed by atoms with Crippen molar-refractivity contribution in [2.45, 2.75) is 63.1 Å². The Labute approximate surface area is 175 Å². The zero-order valence-electron chi connectivity index (χ0n) is 17.2. The molecule has 0 radical (unpaired) electrons. The van der Waals surface area contributed by atoms with E-state index in [0.29, 0.717) is 17.1 Å². The van der Waals surface area contributed by atoms with Gasteiger partial charge >= 0.3 is 0 Å². The molecule has 154 valence electrons. The van der Waals surface area contributed by atoms with Crippen LogP contribution in [-0.2, 0) is 0 Å². The number of nitrogens with zero attached hydrogens (tertiary/aromatic N) is 3. The Kier molecular flexibility index (Phi) is 4.58. The molecular weight excluding hydrogens is 382 g/mol. The molecule has 1 aliphatic carbocycles. The van der Waals surface area contributed by atoms with Crippen LogP contribution in [0, 0.1) is 11.3 Å². The fraction of sp³-hybridized carbons (Fsp3) is 0.571. The van der Waals surface area contributed by atoms with E-state index in [4.69, 9.17) is 16.1 Å². The van der Waals surface area contributed by atoms with Crippen molar-refractivity contribution in [1.29, 1.82) is 5.41 Å². The van der Waals surface area contributed by atoms with E-state index in [1.807, 2.05) is 13.8 Å². The molecule has 0 spiro atoms. The molecule has 2 fully saturated rings. The van der Waals surface area contributed by atoms with E-state index >= 15 is 0 Å². The summed E-state index contributed by atoms with van der Waals surface area (Å²) >= 11 is 1.46. The Balaban J connectivity index is 1.23. The van der Waals surface area contributed by atoms with Crippen molar-refractivity contribution in [3.05, 3.63) is 23.0 Å². The van der Waals surface area contributed by atoms with Crippen molar-refractivity contribution >= 4 is 33.9 Å². The lowest BCUT2D eigenvalue weighted by Gasteiger charge is -2.43. The standard InChI is InChI=1S/C21H29N7S/c1-10(11(2)22)17-18-19(29-20(17)23)21(27-26-18)25-14-8-28(9-14)16-7-6-15(13-4-5-13)24-12(16)3/h7,11,13-15,23H,4-6,8-9,22H2,1-3H3,(H2,25,26,27)/b17-10-,23-20?. The van der Waals surface area contributed by atoms with Gasteiger partial charge in [-0.2, -0.15) is 5.10 Å². The van der Waals surface area contributed by atoms with Crippen LogP contribution in [0.25, 0.3) is 5.57 Å². The third-order valence-corrected chi connectivity index (χ3v) is 7.50. The number of nitrogens with two attached hydrogens (primary N) is 1. The van der Waals surface area contributed by atoms with Gasteiger partial charge < -0.3 is 16.0 Å². The van der Waals surface area contributed by atoms with Gasteiger partial charge in [0.2, 0.25) is 0 Å². The molecule has 0 aromatic carbocycles. The van der Waals surface area contributed by atoms with Gasteiger partial charge in [-0.3, -0.25) is 15.5 Å². The lowest BCUT2D eigenvalue weighted by Crippen LogP contribution is -2.55. The van der Waals surface area contributed by atoms with E-state index in [1.54, 1.807) is 0 Å². The fourth-order valence-corrected chi connectivity index (χ4v) is 5.42. The number of H-pyrrole nitrogens is 1. The maximum atomic E-state index is 8.35. The zero-order valence-corrected chi connectivity index (χ0v) is 18.1. The number of fused-ring (bicyclic) bond motifs is 1. The van der Waals surface area contributed by atoms with E-state index in [2.05, 4.69) is 33.4 Å². The SMILES string of the molecule is CC1=NC(C2CC2)CC=C1N1CC(Nc2[nH]nc3c2SC(=N)/C3=C(/C)C(C)N)C1. The van der Waals surface area contributed by atoms with Gasteiger partial charge in [0.05, 0.1) is 28.4 Å². The van der Waals surface area contributed by atoms with Crippen LogP contribution in [0.5, 0.6) is 0 Å². The Hall–Kier alpha value is -2.06. The number of hydrogen-bond acceptors (Lipinski definition) is 7. The van der Waals surface area contributed by atoms with E-state index in [-0.39, 0.29) is 6.04 Å². The summed E-state index contributed by atoms with van der Waals surface area (Å²) in [5.74, 6) is 1.75. The van der Waals surface area contributed by atoms with Gasteiger partial charge in [-0.1, -0.05) is 17.8 Å². The monoisotopic (exact) mass is 411 g/mol. The quantitative estimate of drug-likeness (QED) is 0.595. The van der Waals surface area contributed by atoms with Gasteiger partial charge in [0.1, 0.15) is 16.6 Å². The molecule has 4 aliphatic rings. The molecule has 1 aromatic rings. The van der Waals surface area contributed by atoms with E-state index in [0.717, 1.165) is 53.0 Å². The summed E-state index contributed by atoms with van der Waals surface area (Å²) in [6.45, 7) is 8.02. The minimum Gasteiger partial charge on any atom is -0.366 e. The number of allylic oxidation sites excluding steroid dienone is 1. The number of aliphatic imine (C=N–C) groups is 1. The van der Waals surface area contributed by atoms with Crippen molar-refractivity contribution in [3.8, 4) is 0 Å². The van der Waals surface area contributed by atoms with Gasteiger partial charge in [-0.15, -0.1) is 0 Å². The van der Waals surface area contributed by atoms with Crippen LogP contribution in [0.15, 0.2) is 27.2 Å². The highest BCUT2D eigenvalue weighted by molar-refractivity contribution is 8.15. The van der Waals surface area contributed by atoms with Crippen molar-refractivity contribution in [3.63, 3.8) is 0 Å². The molecule has 1 saturated carbocycles. The Morgan fingerprint density at radius 3 is 2.83 bits per heavy atom. The molecule has 0 bridgehead atoms. The van der Waals surface area contributed by atoms with Crippen molar-refractivity contribution in [2.24, 2.45) is 16.6 Å². The van der Waals surface area contributed by atoms with E-state index in [9.17, 15) is 0 Å². The second kappa shape index (κ2) is 7.02. The molecule has 1 saturated heterocycles. The lowest BCUT2D eigenvalue weighted by molar-refractivity contribution is 0.222. The summed E-state index contributed by atoms with van der Waals surface area (Å²) in [6.07, 6.45) is 6.18. The molecule has 1 aromatic heterocycles. The molecule has 4 heterocycles.